The minimum absolute atomic E-state index is 0.0766. The number of rotatable bonds is 5. The summed E-state index contributed by atoms with van der Waals surface area (Å²) in [4.78, 5) is 20.9. The van der Waals surface area contributed by atoms with Crippen molar-refractivity contribution in [2.45, 2.75) is 47.1 Å². The number of amides is 1. The molecule has 0 bridgehead atoms. The largest absolute Gasteiger partial charge is 0.307 e. The maximum Gasteiger partial charge on any atom is 0.253 e. The Morgan fingerprint density at radius 2 is 2.00 bits per heavy atom. The van der Waals surface area contributed by atoms with Crippen LogP contribution in [0, 0.1) is 11.8 Å². The van der Waals surface area contributed by atoms with Crippen LogP contribution in [0.25, 0.3) is 0 Å². The van der Waals surface area contributed by atoms with Crippen molar-refractivity contribution >= 4 is 18.5 Å². The Morgan fingerprint density at radius 1 is 1.40 bits per heavy atom. The average Bonchev–Trinajstić information content (AvgIpc) is 2.66. The zero-order chi connectivity index (χ0) is 15.5. The summed E-state index contributed by atoms with van der Waals surface area (Å²) < 4.78 is 0. The van der Waals surface area contributed by atoms with Crippen LogP contribution in [0.5, 0.6) is 0 Å². The van der Waals surface area contributed by atoms with E-state index < -0.39 is 5.54 Å². The zero-order valence-electron chi connectivity index (χ0n) is 13.3. The van der Waals surface area contributed by atoms with E-state index in [1.165, 1.54) is 0 Å². The molecular formula is C16H25N3O. The summed E-state index contributed by atoms with van der Waals surface area (Å²) in [6, 6.07) is 0. The summed E-state index contributed by atoms with van der Waals surface area (Å²) in [5, 5.41) is 2.86. The number of aliphatic imine (C=N–C) groups is 2. The maximum absolute atomic E-state index is 12.2. The van der Waals surface area contributed by atoms with Crippen molar-refractivity contribution in [2.75, 3.05) is 0 Å². The number of hydrogen-bond donors (Lipinski definition) is 1. The molecule has 20 heavy (non-hydrogen) atoms. The number of nitrogens with zero attached hydrogens (tertiary/aromatic N) is 2. The van der Waals surface area contributed by atoms with Gasteiger partial charge in [0, 0.05) is 0 Å². The Morgan fingerprint density at radius 3 is 2.35 bits per heavy atom. The third-order valence-corrected chi connectivity index (χ3v) is 3.78. The van der Waals surface area contributed by atoms with Gasteiger partial charge in [-0.15, -0.1) is 0 Å². The first kappa shape index (κ1) is 16.3. The molecule has 1 heterocycles. The lowest BCUT2D eigenvalue weighted by Crippen LogP contribution is -2.41. The molecule has 0 fully saturated rings. The second-order valence-corrected chi connectivity index (χ2v) is 5.83. The molecule has 110 valence electrons. The van der Waals surface area contributed by atoms with E-state index in [4.69, 9.17) is 0 Å². The third-order valence-electron chi connectivity index (χ3n) is 3.78. The van der Waals surface area contributed by atoms with Gasteiger partial charge in [0.25, 0.3) is 5.91 Å². The van der Waals surface area contributed by atoms with Crippen molar-refractivity contribution < 1.29 is 4.79 Å². The van der Waals surface area contributed by atoms with E-state index in [1.54, 1.807) is 0 Å². The minimum Gasteiger partial charge on any atom is -0.307 e. The van der Waals surface area contributed by atoms with Crippen LogP contribution in [0.2, 0.25) is 0 Å². The van der Waals surface area contributed by atoms with Crippen LogP contribution in [0.1, 0.15) is 41.5 Å². The van der Waals surface area contributed by atoms with Crippen molar-refractivity contribution in [3.63, 3.8) is 0 Å². The van der Waals surface area contributed by atoms with Gasteiger partial charge in [-0.05, 0) is 38.0 Å². The molecule has 1 amide bonds. The molecule has 1 aliphatic heterocycles. The molecule has 1 atom stereocenters. The number of hydrogen-bond acceptors (Lipinski definition) is 3. The Labute approximate surface area is 121 Å². The van der Waals surface area contributed by atoms with Crippen molar-refractivity contribution in [1.29, 1.82) is 0 Å². The van der Waals surface area contributed by atoms with Crippen molar-refractivity contribution in [3.8, 4) is 0 Å². The molecule has 1 aliphatic rings. The quantitative estimate of drug-likeness (QED) is 0.608. The van der Waals surface area contributed by atoms with Crippen molar-refractivity contribution in [2.24, 2.45) is 21.8 Å². The van der Waals surface area contributed by atoms with Gasteiger partial charge in [-0.1, -0.05) is 39.8 Å². The number of allylic oxidation sites excluding steroid dienone is 3. The highest BCUT2D eigenvalue weighted by Gasteiger charge is 2.42. The molecule has 1 N–H and O–H groups in total. The summed E-state index contributed by atoms with van der Waals surface area (Å²) >= 11 is 0. The summed E-state index contributed by atoms with van der Waals surface area (Å²) in [6.07, 6.45) is 3.95. The van der Waals surface area contributed by atoms with Gasteiger partial charge >= 0.3 is 0 Å². The molecule has 4 nitrogen and oxygen atoms in total. The molecule has 0 radical (unpaired) electrons. The van der Waals surface area contributed by atoms with E-state index in [1.807, 2.05) is 39.8 Å². The topological polar surface area (TPSA) is 53.8 Å². The highest BCUT2D eigenvalue weighted by molar-refractivity contribution is 6.15. The van der Waals surface area contributed by atoms with Gasteiger partial charge in [0.2, 0.25) is 0 Å². The predicted molar refractivity (Wildman–Crippen MR) is 85.0 cm³/mol. The Kier molecular flexibility index (Phi) is 5.03. The summed E-state index contributed by atoms with van der Waals surface area (Å²) in [5.74, 6) is 0.850. The van der Waals surface area contributed by atoms with Crippen LogP contribution >= 0.6 is 0 Å². The second-order valence-electron chi connectivity index (χ2n) is 5.83. The average molecular weight is 275 g/mol. The smallest absolute Gasteiger partial charge is 0.253 e. The van der Waals surface area contributed by atoms with E-state index in [0.717, 1.165) is 5.57 Å². The fourth-order valence-electron chi connectivity index (χ4n) is 2.08. The van der Waals surface area contributed by atoms with E-state index >= 15 is 0 Å². The van der Waals surface area contributed by atoms with Crippen LogP contribution in [0.3, 0.4) is 0 Å². The molecule has 4 heteroatoms. The van der Waals surface area contributed by atoms with Gasteiger partial charge < -0.3 is 5.32 Å². The normalized spacial score (nSPS) is 24.2. The fraction of sp³-hybridized carbons (Fsp3) is 0.562. The molecular weight excluding hydrogens is 250 g/mol. The molecule has 1 unspecified atom stereocenters. The monoisotopic (exact) mass is 275 g/mol. The first-order valence-electron chi connectivity index (χ1n) is 7.03. The fourth-order valence-corrected chi connectivity index (χ4v) is 2.08. The minimum atomic E-state index is -0.733. The number of nitrogens with one attached hydrogen (secondary N) is 1. The molecule has 0 aromatic heterocycles. The Bertz CT molecular complexity index is 498. The van der Waals surface area contributed by atoms with Crippen molar-refractivity contribution in [3.05, 3.63) is 23.4 Å². The first-order chi connectivity index (χ1) is 9.27. The van der Waals surface area contributed by atoms with Gasteiger partial charge in [0.05, 0.1) is 0 Å². The van der Waals surface area contributed by atoms with Crippen molar-refractivity contribution in [1.82, 2.24) is 5.32 Å². The van der Waals surface area contributed by atoms with Gasteiger partial charge in [-0.25, -0.2) is 4.99 Å². The van der Waals surface area contributed by atoms with Gasteiger partial charge in [0.1, 0.15) is 11.2 Å². The highest BCUT2D eigenvalue weighted by Crippen LogP contribution is 2.28. The maximum atomic E-state index is 12.2. The van der Waals surface area contributed by atoms with E-state index in [-0.39, 0.29) is 17.7 Å². The molecule has 0 saturated carbocycles. The Hall–Kier alpha value is -1.71. The molecule has 0 aliphatic carbocycles. The van der Waals surface area contributed by atoms with E-state index in [9.17, 15) is 4.79 Å². The van der Waals surface area contributed by atoms with Crippen LogP contribution in [-0.2, 0) is 4.79 Å². The number of carbonyl (C=O) groups excluding carboxylic acids is 1. The predicted octanol–water partition coefficient (Wildman–Crippen LogP) is 3.12. The van der Waals surface area contributed by atoms with Crippen LogP contribution in [0.15, 0.2) is 33.4 Å². The summed E-state index contributed by atoms with van der Waals surface area (Å²) in [5.41, 5.74) is 0.953. The molecule has 0 spiro atoms. The molecule has 1 rings (SSSR count). The lowest BCUT2D eigenvalue weighted by Gasteiger charge is -2.21. The number of carbonyl (C=O) groups is 1. The second kappa shape index (κ2) is 6.16. The van der Waals surface area contributed by atoms with Crippen LogP contribution in [0.4, 0.5) is 0 Å². The highest BCUT2D eigenvalue weighted by atomic mass is 16.2. The molecule has 0 saturated heterocycles. The van der Waals surface area contributed by atoms with Gasteiger partial charge in [0.15, 0.2) is 5.84 Å². The summed E-state index contributed by atoms with van der Waals surface area (Å²) in [7, 11) is 0. The molecule has 0 aromatic rings. The van der Waals surface area contributed by atoms with Crippen LogP contribution in [-0.4, -0.2) is 24.0 Å². The Balaban J connectivity index is 3.38. The first-order valence-corrected chi connectivity index (χ1v) is 7.03. The molecule has 0 aromatic carbocycles. The number of amidine groups is 1. The lowest BCUT2D eigenvalue weighted by molar-refractivity contribution is -0.124. The van der Waals surface area contributed by atoms with Gasteiger partial charge in [-0.3, -0.25) is 9.79 Å². The lowest BCUT2D eigenvalue weighted by atomic mass is 9.89. The third kappa shape index (κ3) is 2.89. The summed E-state index contributed by atoms with van der Waals surface area (Å²) in [6.45, 7) is 15.6. The van der Waals surface area contributed by atoms with E-state index in [0.29, 0.717) is 11.5 Å². The SMILES string of the molecule is C=N/C(C1=NC(C)(C(C)C)C(=O)N1)=C(\C=C/C)C(C)C. The standard InChI is InChI=1S/C16H25N3O/c1-8-9-12(10(2)3)13(17-7)14-18-15(20)16(6,19-14)11(4)5/h8-11H,7H2,1-6H3,(H,18,19,20)/b9-8-,13-12+. The zero-order valence-corrected chi connectivity index (χ0v) is 13.3. The van der Waals surface area contributed by atoms with E-state index in [2.05, 4.69) is 35.9 Å². The van der Waals surface area contributed by atoms with Crippen LogP contribution < -0.4 is 5.32 Å². The van der Waals surface area contributed by atoms with Gasteiger partial charge in [-0.2, -0.15) is 0 Å².